The highest BCUT2D eigenvalue weighted by Crippen LogP contribution is 2.35. The number of hydrogen-bond acceptors (Lipinski definition) is 2. The van der Waals surface area contributed by atoms with Gasteiger partial charge in [0.15, 0.2) is 0 Å². The van der Waals surface area contributed by atoms with Crippen molar-refractivity contribution in [3.8, 4) is 5.75 Å². The number of nitrogens with one attached hydrogen (secondary N) is 1. The first-order chi connectivity index (χ1) is 8.81. The molecule has 1 aliphatic heterocycles. The Morgan fingerprint density at radius 3 is 2.74 bits per heavy atom. The first kappa shape index (κ1) is 14.4. The Morgan fingerprint density at radius 1 is 1.32 bits per heavy atom. The molecule has 1 N–H and O–H groups in total. The molecule has 0 aliphatic carbocycles. The summed E-state index contributed by atoms with van der Waals surface area (Å²) < 4.78 is 5.90. The van der Waals surface area contributed by atoms with Gasteiger partial charge in [-0.1, -0.05) is 32.9 Å². The molecule has 0 unspecified atom stereocenters. The molecule has 0 bridgehead atoms. The second-order valence-electron chi connectivity index (χ2n) is 7.10. The molecule has 0 radical (unpaired) electrons. The van der Waals surface area contributed by atoms with Gasteiger partial charge in [0.1, 0.15) is 11.4 Å². The summed E-state index contributed by atoms with van der Waals surface area (Å²) in [4.78, 5) is 0. The highest BCUT2D eigenvalue weighted by molar-refractivity contribution is 5.41. The molecule has 0 saturated heterocycles. The summed E-state index contributed by atoms with van der Waals surface area (Å²) in [6.45, 7) is 13.2. The molecule has 2 heteroatoms. The molecule has 106 valence electrons. The second kappa shape index (κ2) is 5.16. The summed E-state index contributed by atoms with van der Waals surface area (Å²) in [5, 5.41) is 3.56. The highest BCUT2D eigenvalue weighted by Gasteiger charge is 2.29. The lowest BCUT2D eigenvalue weighted by Crippen LogP contribution is -2.28. The summed E-state index contributed by atoms with van der Waals surface area (Å²) >= 11 is 0. The van der Waals surface area contributed by atoms with Crippen LogP contribution in [0.2, 0.25) is 0 Å². The maximum Gasteiger partial charge on any atom is 0.123 e. The summed E-state index contributed by atoms with van der Waals surface area (Å²) in [7, 11) is 0. The van der Waals surface area contributed by atoms with E-state index in [4.69, 9.17) is 4.74 Å². The normalized spacial score (nSPS) is 17.1. The van der Waals surface area contributed by atoms with E-state index in [-0.39, 0.29) is 5.60 Å². The van der Waals surface area contributed by atoms with Gasteiger partial charge in [0.2, 0.25) is 0 Å². The zero-order chi connectivity index (χ0) is 14.1. The van der Waals surface area contributed by atoms with Gasteiger partial charge >= 0.3 is 0 Å². The maximum atomic E-state index is 5.90. The third-order valence-electron chi connectivity index (χ3n) is 4.02. The summed E-state index contributed by atoms with van der Waals surface area (Å²) in [5.41, 5.74) is 3.03. The van der Waals surface area contributed by atoms with E-state index in [9.17, 15) is 0 Å². The van der Waals surface area contributed by atoms with E-state index in [0.29, 0.717) is 5.41 Å². The molecular weight excluding hydrogens is 234 g/mol. The lowest BCUT2D eigenvalue weighted by molar-refractivity contribution is 0.138. The molecule has 2 nitrogen and oxygen atoms in total. The van der Waals surface area contributed by atoms with Crippen molar-refractivity contribution in [3.63, 3.8) is 0 Å². The molecule has 0 amide bonds. The van der Waals surface area contributed by atoms with Crippen LogP contribution in [0.3, 0.4) is 0 Å². The van der Waals surface area contributed by atoms with Crippen molar-refractivity contribution in [1.29, 1.82) is 0 Å². The Balaban J connectivity index is 1.94. The minimum atomic E-state index is -0.0431. The molecule has 0 aromatic heterocycles. The first-order valence-corrected chi connectivity index (χ1v) is 7.33. The fourth-order valence-corrected chi connectivity index (χ4v) is 2.44. The third-order valence-corrected chi connectivity index (χ3v) is 4.02. The number of rotatable bonds is 5. The molecule has 1 aromatic rings. The monoisotopic (exact) mass is 261 g/mol. The minimum absolute atomic E-state index is 0.0431. The van der Waals surface area contributed by atoms with Crippen LogP contribution < -0.4 is 10.1 Å². The molecule has 2 rings (SSSR count). The summed E-state index contributed by atoms with van der Waals surface area (Å²) in [5.74, 6) is 1.06. The van der Waals surface area contributed by atoms with Gasteiger partial charge in [-0.25, -0.2) is 0 Å². The van der Waals surface area contributed by atoms with Crippen LogP contribution in [-0.4, -0.2) is 12.1 Å². The molecule has 1 heterocycles. The average Bonchev–Trinajstić information content (AvgIpc) is 2.62. The Hall–Kier alpha value is -1.02. The average molecular weight is 261 g/mol. The molecule has 0 spiro atoms. The van der Waals surface area contributed by atoms with Crippen molar-refractivity contribution in [2.45, 2.75) is 59.6 Å². The van der Waals surface area contributed by atoms with E-state index in [1.807, 2.05) is 0 Å². The molecule has 0 atom stereocenters. The molecule has 1 aliphatic rings. The van der Waals surface area contributed by atoms with E-state index in [2.05, 4.69) is 58.1 Å². The van der Waals surface area contributed by atoms with Crippen molar-refractivity contribution in [1.82, 2.24) is 5.32 Å². The van der Waals surface area contributed by atoms with Gasteiger partial charge < -0.3 is 10.1 Å². The first-order valence-electron chi connectivity index (χ1n) is 7.33. The smallest absolute Gasteiger partial charge is 0.123 e. The number of ether oxygens (including phenoxy) is 1. The molecule has 19 heavy (non-hydrogen) atoms. The Labute approximate surface area is 117 Å². The molecule has 0 fully saturated rings. The lowest BCUT2D eigenvalue weighted by Gasteiger charge is -2.23. The van der Waals surface area contributed by atoms with Crippen molar-refractivity contribution >= 4 is 0 Å². The van der Waals surface area contributed by atoms with Gasteiger partial charge in [-0.05, 0) is 42.9 Å². The Bertz CT molecular complexity index is 449. The van der Waals surface area contributed by atoms with Crippen molar-refractivity contribution in [2.24, 2.45) is 5.41 Å². The molecular formula is C17H27NO. The SMILES string of the molecule is CCC(C)(C)CNCc1ccc2c(c1)CC(C)(C)O2. The molecule has 1 aromatic carbocycles. The van der Waals surface area contributed by atoms with Crippen LogP contribution >= 0.6 is 0 Å². The van der Waals surface area contributed by atoms with E-state index in [1.165, 1.54) is 17.5 Å². The van der Waals surface area contributed by atoms with E-state index in [0.717, 1.165) is 25.3 Å². The van der Waals surface area contributed by atoms with Crippen molar-refractivity contribution in [3.05, 3.63) is 29.3 Å². The lowest BCUT2D eigenvalue weighted by atomic mass is 9.90. The maximum absolute atomic E-state index is 5.90. The highest BCUT2D eigenvalue weighted by atomic mass is 16.5. The Kier molecular flexibility index (Phi) is 3.91. The topological polar surface area (TPSA) is 21.3 Å². The van der Waals surface area contributed by atoms with E-state index >= 15 is 0 Å². The zero-order valence-electron chi connectivity index (χ0n) is 13.0. The predicted molar refractivity (Wildman–Crippen MR) is 80.6 cm³/mol. The van der Waals surface area contributed by atoms with Crippen LogP contribution in [-0.2, 0) is 13.0 Å². The second-order valence-corrected chi connectivity index (χ2v) is 7.10. The third kappa shape index (κ3) is 3.73. The van der Waals surface area contributed by atoms with Crippen LogP contribution in [0.5, 0.6) is 5.75 Å². The number of benzene rings is 1. The van der Waals surface area contributed by atoms with Gasteiger partial charge in [-0.15, -0.1) is 0 Å². The standard InChI is InChI=1S/C17H27NO/c1-6-16(2,3)12-18-11-13-7-8-15-14(9-13)10-17(4,5)19-15/h7-9,18H,6,10-12H2,1-5H3. The number of fused-ring (bicyclic) bond motifs is 1. The minimum Gasteiger partial charge on any atom is -0.487 e. The van der Waals surface area contributed by atoms with Gasteiger partial charge in [0.05, 0.1) is 0 Å². The van der Waals surface area contributed by atoms with Crippen LogP contribution in [0.15, 0.2) is 18.2 Å². The van der Waals surface area contributed by atoms with E-state index in [1.54, 1.807) is 0 Å². The summed E-state index contributed by atoms with van der Waals surface area (Å²) in [6, 6.07) is 6.58. The van der Waals surface area contributed by atoms with E-state index < -0.39 is 0 Å². The zero-order valence-corrected chi connectivity index (χ0v) is 13.0. The van der Waals surface area contributed by atoms with Gasteiger partial charge in [-0.3, -0.25) is 0 Å². The quantitative estimate of drug-likeness (QED) is 0.867. The van der Waals surface area contributed by atoms with Gasteiger partial charge in [0, 0.05) is 19.5 Å². The fraction of sp³-hybridized carbons (Fsp3) is 0.647. The van der Waals surface area contributed by atoms with Gasteiger partial charge in [0.25, 0.3) is 0 Å². The van der Waals surface area contributed by atoms with Gasteiger partial charge in [-0.2, -0.15) is 0 Å². The largest absolute Gasteiger partial charge is 0.487 e. The van der Waals surface area contributed by atoms with Crippen LogP contribution in [0.1, 0.15) is 52.2 Å². The predicted octanol–water partition coefficient (Wildman–Crippen LogP) is 3.93. The van der Waals surface area contributed by atoms with Crippen molar-refractivity contribution < 1.29 is 4.74 Å². The fourth-order valence-electron chi connectivity index (χ4n) is 2.44. The van der Waals surface area contributed by atoms with Crippen LogP contribution in [0, 0.1) is 5.41 Å². The van der Waals surface area contributed by atoms with Crippen LogP contribution in [0.4, 0.5) is 0 Å². The Morgan fingerprint density at radius 2 is 2.05 bits per heavy atom. The summed E-state index contributed by atoms with van der Waals surface area (Å²) in [6.07, 6.45) is 2.21. The van der Waals surface area contributed by atoms with Crippen LogP contribution in [0.25, 0.3) is 0 Å². The number of hydrogen-bond donors (Lipinski definition) is 1. The molecule has 0 saturated carbocycles. The van der Waals surface area contributed by atoms with Crippen molar-refractivity contribution in [2.75, 3.05) is 6.54 Å².